The lowest BCUT2D eigenvalue weighted by Gasteiger charge is -2.29. The topological polar surface area (TPSA) is 126 Å². The number of Topliss-reactive ketones (excluding diaryl/α,β-unsaturated/α-hetero) is 1. The monoisotopic (exact) mass is 624 g/mol. The van der Waals surface area contributed by atoms with Gasteiger partial charge >= 0.3 is 6.09 Å². The Labute approximate surface area is 270 Å². The Morgan fingerprint density at radius 1 is 1.04 bits per heavy atom. The molecule has 2 aliphatic rings. The number of benzene rings is 2. The highest BCUT2D eigenvalue weighted by molar-refractivity contribution is 6.01. The molecule has 1 atom stereocenters. The van der Waals surface area contributed by atoms with Crippen LogP contribution in [0.4, 0.5) is 16.2 Å². The van der Waals surface area contributed by atoms with E-state index in [1.807, 2.05) is 64.2 Å². The third-order valence-corrected chi connectivity index (χ3v) is 8.80. The van der Waals surface area contributed by atoms with Gasteiger partial charge in [-0.3, -0.25) is 19.4 Å². The molecule has 3 N–H and O–H groups in total. The summed E-state index contributed by atoms with van der Waals surface area (Å²) in [5.74, 6) is -0.596. The Balaban J connectivity index is 1.26. The summed E-state index contributed by atoms with van der Waals surface area (Å²) in [4.78, 5) is 55.6. The van der Waals surface area contributed by atoms with Crippen LogP contribution in [-0.4, -0.2) is 40.8 Å². The molecule has 1 saturated carbocycles. The molecule has 5 rings (SSSR count). The molecular weight excluding hydrogens is 580 g/mol. The number of ether oxygens (including phenoxy) is 1. The van der Waals surface area contributed by atoms with Crippen LogP contribution >= 0.6 is 0 Å². The molecule has 1 fully saturated rings. The zero-order valence-corrected chi connectivity index (χ0v) is 27.2. The molecule has 46 heavy (non-hydrogen) atoms. The van der Waals surface area contributed by atoms with Gasteiger partial charge in [0.1, 0.15) is 11.4 Å². The Hall–Kier alpha value is -4.53. The van der Waals surface area contributed by atoms with Crippen LogP contribution in [0.25, 0.3) is 11.1 Å². The lowest BCUT2D eigenvalue weighted by atomic mass is 9.77. The highest BCUT2D eigenvalue weighted by Gasteiger charge is 2.31. The van der Waals surface area contributed by atoms with Gasteiger partial charge in [0.25, 0.3) is 0 Å². The number of ketones is 1. The molecule has 0 spiro atoms. The Morgan fingerprint density at radius 2 is 1.83 bits per heavy atom. The SMILES string of the molecule is Cc1cnccc1-c1cccc(C[C@H](CC(=O)C2CCC(CNC(=O)OC(C)(C)C)CC2)C(=O)Nc2ccc3c(c2)NC(=O)C3)c1. The molecule has 0 radical (unpaired) electrons. The zero-order valence-electron chi connectivity index (χ0n) is 27.2. The number of rotatable bonds is 10. The Bertz CT molecular complexity index is 1600. The molecule has 1 aliphatic carbocycles. The van der Waals surface area contributed by atoms with Gasteiger partial charge in [-0.05, 0) is 112 Å². The van der Waals surface area contributed by atoms with E-state index in [1.54, 1.807) is 18.3 Å². The average molecular weight is 625 g/mol. The second-order valence-electron chi connectivity index (χ2n) is 13.6. The molecule has 1 aliphatic heterocycles. The molecule has 9 heteroatoms. The van der Waals surface area contributed by atoms with Crippen LogP contribution in [0.15, 0.2) is 60.9 Å². The van der Waals surface area contributed by atoms with Crippen LogP contribution in [0.3, 0.4) is 0 Å². The Kier molecular flexibility index (Phi) is 10.2. The quantitative estimate of drug-likeness (QED) is 0.232. The summed E-state index contributed by atoms with van der Waals surface area (Å²) in [5, 5.41) is 8.71. The molecule has 9 nitrogen and oxygen atoms in total. The minimum Gasteiger partial charge on any atom is -0.444 e. The molecule has 2 heterocycles. The van der Waals surface area contributed by atoms with Crippen molar-refractivity contribution in [3.63, 3.8) is 0 Å². The van der Waals surface area contributed by atoms with Crippen LogP contribution in [0.2, 0.25) is 0 Å². The highest BCUT2D eigenvalue weighted by atomic mass is 16.6. The van der Waals surface area contributed by atoms with Crippen molar-refractivity contribution >= 4 is 35.1 Å². The predicted molar refractivity (Wildman–Crippen MR) is 178 cm³/mol. The van der Waals surface area contributed by atoms with E-state index < -0.39 is 17.6 Å². The number of aryl methyl sites for hydroxylation is 1. The number of alkyl carbamates (subject to hydrolysis) is 1. The van der Waals surface area contributed by atoms with Gasteiger partial charge in [0.15, 0.2) is 0 Å². The first-order valence-corrected chi connectivity index (χ1v) is 16.2. The van der Waals surface area contributed by atoms with E-state index in [4.69, 9.17) is 4.74 Å². The van der Waals surface area contributed by atoms with E-state index in [2.05, 4.69) is 27.0 Å². The summed E-state index contributed by atoms with van der Waals surface area (Å²) in [7, 11) is 0. The fourth-order valence-corrected chi connectivity index (χ4v) is 6.38. The lowest BCUT2D eigenvalue weighted by Crippen LogP contribution is -2.37. The van der Waals surface area contributed by atoms with Crippen molar-refractivity contribution < 1.29 is 23.9 Å². The second kappa shape index (κ2) is 14.3. The first-order valence-electron chi connectivity index (χ1n) is 16.2. The van der Waals surface area contributed by atoms with E-state index >= 15 is 0 Å². The minimum atomic E-state index is -0.573. The van der Waals surface area contributed by atoms with Crippen molar-refractivity contribution in [1.29, 1.82) is 0 Å². The van der Waals surface area contributed by atoms with E-state index in [-0.39, 0.29) is 35.9 Å². The summed E-state index contributed by atoms with van der Waals surface area (Å²) < 4.78 is 5.35. The number of anilines is 2. The van der Waals surface area contributed by atoms with Crippen molar-refractivity contribution in [2.45, 2.75) is 78.2 Å². The first kappa shape index (κ1) is 32.9. The number of fused-ring (bicyclic) bond motifs is 1. The number of aromatic nitrogens is 1. The standard InChI is InChI=1S/C37H44N4O5/c1-23-21-38-15-14-31(23)27-7-5-6-25(16-27)17-29(35(44)40-30-13-12-28-19-34(43)41-32(28)20-30)18-33(42)26-10-8-24(9-11-26)22-39-36(45)46-37(2,3)4/h5-7,12-16,20-21,24,26,29H,8-11,17-19,22H2,1-4H3,(H,39,45)(H,40,44)(H,41,43)/t24?,26?,29-/m1/s1. The molecule has 1 aromatic heterocycles. The minimum absolute atomic E-state index is 0.0680. The van der Waals surface area contributed by atoms with Gasteiger partial charge in [0, 0.05) is 48.6 Å². The fourth-order valence-electron chi connectivity index (χ4n) is 6.38. The molecule has 2 aromatic carbocycles. The maximum Gasteiger partial charge on any atom is 0.407 e. The van der Waals surface area contributed by atoms with Gasteiger partial charge in [-0.25, -0.2) is 4.79 Å². The molecule has 242 valence electrons. The predicted octanol–water partition coefficient (Wildman–Crippen LogP) is 6.64. The van der Waals surface area contributed by atoms with E-state index in [9.17, 15) is 19.2 Å². The molecule has 0 saturated heterocycles. The van der Waals surface area contributed by atoms with Gasteiger partial charge < -0.3 is 20.7 Å². The van der Waals surface area contributed by atoms with Crippen molar-refractivity contribution in [1.82, 2.24) is 10.3 Å². The van der Waals surface area contributed by atoms with Gasteiger partial charge in [-0.15, -0.1) is 0 Å². The molecule has 0 unspecified atom stereocenters. The van der Waals surface area contributed by atoms with E-state index in [1.165, 1.54) is 0 Å². The number of nitrogens with zero attached hydrogens (tertiary/aromatic N) is 1. The second-order valence-corrected chi connectivity index (χ2v) is 13.6. The number of amides is 3. The molecule has 3 amide bonds. The van der Waals surface area contributed by atoms with Gasteiger partial charge in [-0.2, -0.15) is 0 Å². The van der Waals surface area contributed by atoms with Crippen LogP contribution in [0, 0.1) is 24.7 Å². The number of nitrogens with one attached hydrogen (secondary N) is 3. The molecular formula is C37H44N4O5. The third kappa shape index (κ3) is 8.80. The number of hydrogen-bond donors (Lipinski definition) is 3. The third-order valence-electron chi connectivity index (χ3n) is 8.80. The van der Waals surface area contributed by atoms with Crippen LogP contribution < -0.4 is 16.0 Å². The summed E-state index contributed by atoms with van der Waals surface area (Å²) >= 11 is 0. The van der Waals surface area contributed by atoms with Gasteiger partial charge in [-0.1, -0.05) is 30.3 Å². The van der Waals surface area contributed by atoms with Gasteiger partial charge in [0.05, 0.1) is 6.42 Å². The van der Waals surface area contributed by atoms with Crippen molar-refractivity contribution in [2.75, 3.05) is 17.2 Å². The lowest BCUT2D eigenvalue weighted by molar-refractivity contribution is -0.129. The fraction of sp³-hybridized carbons (Fsp3) is 0.432. The maximum absolute atomic E-state index is 13.8. The number of carbonyl (C=O) groups is 4. The molecule has 0 bridgehead atoms. The number of carbonyl (C=O) groups excluding carboxylic acids is 4. The molecule has 3 aromatic rings. The summed E-state index contributed by atoms with van der Waals surface area (Å²) in [5.41, 5.74) is 5.78. The van der Waals surface area contributed by atoms with Crippen LogP contribution in [0.1, 0.15) is 69.6 Å². The Morgan fingerprint density at radius 3 is 2.57 bits per heavy atom. The van der Waals surface area contributed by atoms with Crippen LogP contribution in [0.5, 0.6) is 0 Å². The van der Waals surface area contributed by atoms with Gasteiger partial charge in [0.2, 0.25) is 11.8 Å². The van der Waals surface area contributed by atoms with Crippen molar-refractivity contribution in [2.24, 2.45) is 17.8 Å². The zero-order chi connectivity index (χ0) is 32.8. The van der Waals surface area contributed by atoms with E-state index in [0.717, 1.165) is 53.5 Å². The largest absolute Gasteiger partial charge is 0.444 e. The average Bonchev–Trinajstić information content (AvgIpc) is 3.38. The number of hydrogen-bond acceptors (Lipinski definition) is 6. The summed E-state index contributed by atoms with van der Waals surface area (Å²) in [6.45, 7) is 8.04. The smallest absolute Gasteiger partial charge is 0.407 e. The number of pyridine rings is 1. The maximum atomic E-state index is 13.8. The van der Waals surface area contributed by atoms with Crippen LogP contribution in [-0.2, 0) is 32.0 Å². The first-order chi connectivity index (χ1) is 21.9. The van der Waals surface area contributed by atoms with Crippen molar-refractivity contribution in [3.8, 4) is 11.1 Å². The summed E-state index contributed by atoms with van der Waals surface area (Å²) in [6, 6.07) is 15.5. The van der Waals surface area contributed by atoms with Crippen molar-refractivity contribution in [3.05, 3.63) is 77.6 Å². The summed E-state index contributed by atoms with van der Waals surface area (Å²) in [6.07, 6.45) is 7.17. The van der Waals surface area contributed by atoms with E-state index in [0.29, 0.717) is 30.8 Å². The highest BCUT2D eigenvalue weighted by Crippen LogP contribution is 2.32. The normalized spacial score (nSPS) is 18.2.